The van der Waals surface area contributed by atoms with Crippen LogP contribution in [0.25, 0.3) is 0 Å². The molecular weight excluding hydrogens is 459 g/mol. The largest absolute Gasteiger partial charge is 0.497 e. The molecule has 0 bridgehead atoms. The lowest BCUT2D eigenvalue weighted by molar-refractivity contribution is -0.137. The monoisotopic (exact) mass is 481 g/mol. The summed E-state index contributed by atoms with van der Waals surface area (Å²) in [5.74, 6) is 2.35. The summed E-state index contributed by atoms with van der Waals surface area (Å²) in [6.07, 6.45) is -4.44. The molecule has 9 heteroatoms. The van der Waals surface area contributed by atoms with Gasteiger partial charge in [0, 0.05) is 37.8 Å². The molecular formula is C26H22F3N3O3. The summed E-state index contributed by atoms with van der Waals surface area (Å²) in [5.41, 5.74) is 0.964. The average Bonchev–Trinajstić information content (AvgIpc) is 3.04. The van der Waals surface area contributed by atoms with Crippen LogP contribution in [0, 0.1) is 0 Å². The van der Waals surface area contributed by atoms with Gasteiger partial charge in [0.2, 0.25) is 0 Å². The van der Waals surface area contributed by atoms with Crippen LogP contribution in [0.15, 0.2) is 71.7 Å². The lowest BCUT2D eigenvalue weighted by Gasteiger charge is -2.36. The van der Waals surface area contributed by atoms with Crippen molar-refractivity contribution in [3.05, 3.63) is 83.4 Å². The quantitative estimate of drug-likeness (QED) is 0.495. The number of amidine groups is 1. The first kappa shape index (κ1) is 22.8. The van der Waals surface area contributed by atoms with Gasteiger partial charge >= 0.3 is 6.18 Å². The maximum Gasteiger partial charge on any atom is 0.416 e. The molecule has 35 heavy (non-hydrogen) atoms. The third-order valence-corrected chi connectivity index (χ3v) is 6.07. The number of carbonyl (C=O) groups excluding carboxylic acids is 1. The minimum atomic E-state index is -4.44. The van der Waals surface area contributed by atoms with E-state index in [1.54, 1.807) is 12.0 Å². The van der Waals surface area contributed by atoms with Gasteiger partial charge in [0.05, 0.1) is 18.2 Å². The van der Waals surface area contributed by atoms with Crippen LogP contribution in [0.5, 0.6) is 17.2 Å². The number of methoxy groups -OCH3 is 1. The Hall–Kier alpha value is -4.01. The van der Waals surface area contributed by atoms with E-state index in [0.29, 0.717) is 49.1 Å². The number of nitrogens with zero attached hydrogens (tertiary/aromatic N) is 3. The van der Waals surface area contributed by atoms with Crippen molar-refractivity contribution < 1.29 is 27.4 Å². The molecule has 0 saturated carbocycles. The number of para-hydroxylation sites is 2. The molecule has 0 unspecified atom stereocenters. The van der Waals surface area contributed by atoms with Gasteiger partial charge in [-0.1, -0.05) is 12.1 Å². The molecule has 0 atom stereocenters. The van der Waals surface area contributed by atoms with Crippen LogP contribution in [-0.2, 0) is 6.18 Å². The van der Waals surface area contributed by atoms with Crippen LogP contribution in [0.1, 0.15) is 21.5 Å². The normalized spacial score (nSPS) is 15.4. The van der Waals surface area contributed by atoms with Crippen molar-refractivity contribution in [1.29, 1.82) is 0 Å². The molecule has 2 aliphatic heterocycles. The number of halogens is 3. The first-order valence-corrected chi connectivity index (χ1v) is 11.1. The van der Waals surface area contributed by atoms with Crippen LogP contribution in [0.2, 0.25) is 0 Å². The molecule has 1 saturated heterocycles. The molecule has 1 amide bonds. The molecule has 5 rings (SSSR count). The minimum Gasteiger partial charge on any atom is -0.497 e. The molecule has 2 aliphatic rings. The number of benzene rings is 3. The van der Waals surface area contributed by atoms with Gasteiger partial charge in [0.1, 0.15) is 23.0 Å². The molecule has 0 radical (unpaired) electrons. The molecule has 0 N–H and O–H groups in total. The predicted octanol–water partition coefficient (Wildman–Crippen LogP) is 5.36. The zero-order valence-electron chi connectivity index (χ0n) is 18.9. The Labute approximate surface area is 200 Å². The van der Waals surface area contributed by atoms with Crippen LogP contribution in [0.3, 0.4) is 0 Å². The summed E-state index contributed by atoms with van der Waals surface area (Å²) in [4.78, 5) is 21.5. The topological polar surface area (TPSA) is 54.4 Å². The summed E-state index contributed by atoms with van der Waals surface area (Å²) >= 11 is 0. The SMILES string of the molecule is COc1ccc2c(c1)Oc1ccccc1N=C2N1CCN(C(=O)c2ccc(C(F)(F)F)cc2)CC1. The highest BCUT2D eigenvalue weighted by Crippen LogP contribution is 2.39. The van der Waals surface area contributed by atoms with E-state index in [4.69, 9.17) is 14.5 Å². The minimum absolute atomic E-state index is 0.234. The third kappa shape index (κ3) is 4.53. The molecule has 1 fully saturated rings. The Morgan fingerprint density at radius 1 is 0.943 bits per heavy atom. The number of aliphatic imine (C=N–C) groups is 1. The second kappa shape index (κ2) is 8.98. The molecule has 3 aromatic carbocycles. The van der Waals surface area contributed by atoms with E-state index >= 15 is 0 Å². The van der Waals surface area contributed by atoms with Crippen molar-refractivity contribution in [3.63, 3.8) is 0 Å². The second-order valence-electron chi connectivity index (χ2n) is 8.22. The Balaban J connectivity index is 1.37. The Morgan fingerprint density at radius 3 is 2.34 bits per heavy atom. The molecule has 3 aromatic rings. The van der Waals surface area contributed by atoms with Crippen LogP contribution < -0.4 is 9.47 Å². The maximum atomic E-state index is 12.9. The summed E-state index contributed by atoms with van der Waals surface area (Å²) in [6.45, 7) is 1.84. The van der Waals surface area contributed by atoms with E-state index in [-0.39, 0.29) is 11.5 Å². The smallest absolute Gasteiger partial charge is 0.416 e. The number of hydrogen-bond acceptors (Lipinski definition) is 5. The van der Waals surface area contributed by atoms with Crippen LogP contribution in [0.4, 0.5) is 18.9 Å². The summed E-state index contributed by atoms with van der Waals surface area (Å²) in [6, 6.07) is 17.4. The van der Waals surface area contributed by atoms with Crippen molar-refractivity contribution in [2.45, 2.75) is 6.18 Å². The van der Waals surface area contributed by atoms with Crippen molar-refractivity contribution in [1.82, 2.24) is 9.80 Å². The maximum absolute atomic E-state index is 12.9. The van der Waals surface area contributed by atoms with Gasteiger partial charge in [-0.05, 0) is 48.5 Å². The Bertz CT molecular complexity index is 1280. The predicted molar refractivity (Wildman–Crippen MR) is 125 cm³/mol. The van der Waals surface area contributed by atoms with E-state index in [2.05, 4.69) is 4.90 Å². The number of piperazine rings is 1. The molecule has 0 spiro atoms. The fraction of sp³-hybridized carbons (Fsp3) is 0.231. The van der Waals surface area contributed by atoms with E-state index < -0.39 is 11.7 Å². The zero-order chi connectivity index (χ0) is 24.6. The van der Waals surface area contributed by atoms with Gasteiger partial charge in [-0.3, -0.25) is 4.79 Å². The first-order valence-electron chi connectivity index (χ1n) is 11.1. The number of alkyl halides is 3. The highest BCUT2D eigenvalue weighted by atomic mass is 19.4. The fourth-order valence-electron chi connectivity index (χ4n) is 4.17. The standard InChI is InChI=1S/C26H22F3N3O3/c1-34-19-10-11-20-23(16-19)35-22-5-3-2-4-21(22)30-24(20)31-12-14-32(15-13-31)25(33)17-6-8-18(9-7-17)26(27,28)29/h2-11,16H,12-15H2,1H3. The summed E-state index contributed by atoms with van der Waals surface area (Å²) in [5, 5.41) is 0. The zero-order valence-corrected chi connectivity index (χ0v) is 18.9. The summed E-state index contributed by atoms with van der Waals surface area (Å²) < 4.78 is 50.0. The van der Waals surface area contributed by atoms with Gasteiger partial charge in [-0.15, -0.1) is 0 Å². The number of hydrogen-bond donors (Lipinski definition) is 0. The highest BCUT2D eigenvalue weighted by molar-refractivity contribution is 6.04. The lowest BCUT2D eigenvalue weighted by Crippen LogP contribution is -2.50. The van der Waals surface area contributed by atoms with Gasteiger partial charge in [0.25, 0.3) is 5.91 Å². The first-order chi connectivity index (χ1) is 16.8. The highest BCUT2D eigenvalue weighted by Gasteiger charge is 2.31. The van der Waals surface area contributed by atoms with Crippen molar-refractivity contribution in [2.75, 3.05) is 33.3 Å². The number of fused-ring (bicyclic) bond motifs is 2. The van der Waals surface area contributed by atoms with E-state index in [9.17, 15) is 18.0 Å². The molecule has 0 aromatic heterocycles. The van der Waals surface area contributed by atoms with E-state index in [1.165, 1.54) is 12.1 Å². The Morgan fingerprint density at radius 2 is 1.66 bits per heavy atom. The number of rotatable bonds is 2. The molecule has 2 heterocycles. The van der Waals surface area contributed by atoms with Gasteiger partial charge < -0.3 is 19.3 Å². The van der Waals surface area contributed by atoms with E-state index in [0.717, 1.165) is 23.5 Å². The van der Waals surface area contributed by atoms with Gasteiger partial charge in [0.15, 0.2) is 5.75 Å². The van der Waals surface area contributed by atoms with Crippen LogP contribution >= 0.6 is 0 Å². The van der Waals surface area contributed by atoms with Crippen molar-refractivity contribution in [2.24, 2.45) is 4.99 Å². The third-order valence-electron chi connectivity index (χ3n) is 6.07. The molecule has 6 nitrogen and oxygen atoms in total. The number of ether oxygens (including phenoxy) is 2. The summed E-state index contributed by atoms with van der Waals surface area (Å²) in [7, 11) is 1.59. The van der Waals surface area contributed by atoms with Crippen LogP contribution in [-0.4, -0.2) is 54.8 Å². The Kier molecular flexibility index (Phi) is 5.84. The average molecular weight is 481 g/mol. The number of amides is 1. The van der Waals surface area contributed by atoms with Crippen molar-refractivity contribution >= 4 is 17.4 Å². The van der Waals surface area contributed by atoms with E-state index in [1.807, 2.05) is 42.5 Å². The lowest BCUT2D eigenvalue weighted by atomic mass is 10.1. The molecule has 0 aliphatic carbocycles. The second-order valence-corrected chi connectivity index (χ2v) is 8.22. The van der Waals surface area contributed by atoms with Gasteiger partial charge in [-0.2, -0.15) is 13.2 Å². The van der Waals surface area contributed by atoms with Crippen molar-refractivity contribution in [3.8, 4) is 17.2 Å². The number of carbonyl (C=O) groups is 1. The fourth-order valence-corrected chi connectivity index (χ4v) is 4.17. The van der Waals surface area contributed by atoms with Gasteiger partial charge in [-0.25, -0.2) is 4.99 Å². The molecule has 180 valence electrons.